The van der Waals surface area contributed by atoms with E-state index in [-0.39, 0.29) is 10.9 Å². The van der Waals surface area contributed by atoms with Crippen molar-refractivity contribution in [3.63, 3.8) is 0 Å². The number of hydrogen-bond acceptors (Lipinski definition) is 3. The van der Waals surface area contributed by atoms with Crippen molar-refractivity contribution in [3.8, 4) is 0 Å². The predicted molar refractivity (Wildman–Crippen MR) is 81.3 cm³/mol. The van der Waals surface area contributed by atoms with Crippen LogP contribution in [0.4, 0.5) is 5.69 Å². The van der Waals surface area contributed by atoms with Gasteiger partial charge in [0.15, 0.2) is 0 Å². The molecule has 2 aromatic carbocycles. The Bertz CT molecular complexity index is 715. The highest BCUT2D eigenvalue weighted by Gasteiger charge is 2.16. The minimum atomic E-state index is -3.68. The van der Waals surface area contributed by atoms with E-state index in [4.69, 9.17) is 17.3 Å². The van der Waals surface area contributed by atoms with Gasteiger partial charge in [0.05, 0.1) is 15.6 Å². The Balaban J connectivity index is 2.36. The van der Waals surface area contributed by atoms with Gasteiger partial charge in [0.25, 0.3) is 10.0 Å². The summed E-state index contributed by atoms with van der Waals surface area (Å²) in [4.78, 5) is 0.159. The van der Waals surface area contributed by atoms with Gasteiger partial charge in [0.1, 0.15) is 0 Å². The lowest BCUT2D eigenvalue weighted by Gasteiger charge is -2.11. The van der Waals surface area contributed by atoms with Gasteiger partial charge in [-0.2, -0.15) is 0 Å². The Morgan fingerprint density at radius 1 is 1.15 bits per heavy atom. The molecule has 0 aliphatic rings. The van der Waals surface area contributed by atoms with Gasteiger partial charge in [-0.3, -0.25) is 4.72 Å². The molecule has 1 atom stereocenters. The Labute approximate surface area is 123 Å². The summed E-state index contributed by atoms with van der Waals surface area (Å²) < 4.78 is 27.1. The van der Waals surface area contributed by atoms with Crippen molar-refractivity contribution < 1.29 is 8.42 Å². The maximum atomic E-state index is 12.3. The summed E-state index contributed by atoms with van der Waals surface area (Å²) in [6.07, 6.45) is 0. The molecule has 4 nitrogen and oxygen atoms in total. The van der Waals surface area contributed by atoms with Crippen LogP contribution in [0.3, 0.4) is 0 Å². The van der Waals surface area contributed by atoms with Crippen LogP contribution in [0.25, 0.3) is 0 Å². The number of anilines is 1. The lowest BCUT2D eigenvalue weighted by Crippen LogP contribution is -2.14. The largest absolute Gasteiger partial charge is 0.324 e. The second kappa shape index (κ2) is 5.83. The fourth-order valence-electron chi connectivity index (χ4n) is 1.71. The highest BCUT2D eigenvalue weighted by Crippen LogP contribution is 2.24. The van der Waals surface area contributed by atoms with Crippen LogP contribution in [0.1, 0.15) is 18.5 Å². The molecule has 0 bridgehead atoms. The summed E-state index contributed by atoms with van der Waals surface area (Å²) in [6, 6.07) is 13.0. The monoisotopic (exact) mass is 310 g/mol. The summed E-state index contributed by atoms with van der Waals surface area (Å²) in [5, 5.41) is 0.347. The Kier molecular flexibility index (Phi) is 4.32. The minimum Gasteiger partial charge on any atom is -0.324 e. The molecule has 0 saturated carbocycles. The zero-order valence-electron chi connectivity index (χ0n) is 10.9. The second-order valence-electron chi connectivity index (χ2n) is 4.45. The van der Waals surface area contributed by atoms with Gasteiger partial charge in [-0.25, -0.2) is 8.42 Å². The van der Waals surface area contributed by atoms with Crippen LogP contribution in [-0.2, 0) is 10.0 Å². The van der Waals surface area contributed by atoms with Gasteiger partial charge < -0.3 is 5.73 Å². The molecule has 0 heterocycles. The van der Waals surface area contributed by atoms with Gasteiger partial charge in [-0.1, -0.05) is 35.9 Å². The summed E-state index contributed by atoms with van der Waals surface area (Å²) >= 11 is 5.95. The van der Waals surface area contributed by atoms with Crippen molar-refractivity contribution >= 4 is 27.3 Å². The van der Waals surface area contributed by atoms with E-state index in [0.717, 1.165) is 5.56 Å². The molecule has 0 amide bonds. The maximum absolute atomic E-state index is 12.3. The molecule has 106 valence electrons. The van der Waals surface area contributed by atoms with Gasteiger partial charge in [0.2, 0.25) is 0 Å². The van der Waals surface area contributed by atoms with E-state index in [1.54, 1.807) is 49.4 Å². The molecule has 2 rings (SSSR count). The van der Waals surface area contributed by atoms with Gasteiger partial charge in [-0.05, 0) is 36.8 Å². The molecule has 6 heteroatoms. The number of halogens is 1. The molecule has 1 unspecified atom stereocenters. The third-order valence-electron chi connectivity index (χ3n) is 2.81. The molecular formula is C14H15ClN2O2S. The number of nitrogens with two attached hydrogens (primary N) is 1. The van der Waals surface area contributed by atoms with Crippen molar-refractivity contribution in [3.05, 3.63) is 59.1 Å². The van der Waals surface area contributed by atoms with E-state index >= 15 is 0 Å². The van der Waals surface area contributed by atoms with Crippen molar-refractivity contribution in [2.45, 2.75) is 17.9 Å². The fourth-order valence-corrected chi connectivity index (χ4v) is 3.09. The van der Waals surface area contributed by atoms with Crippen LogP contribution in [0, 0.1) is 0 Å². The van der Waals surface area contributed by atoms with E-state index in [2.05, 4.69) is 4.72 Å². The molecular weight excluding hydrogens is 296 g/mol. The van der Waals surface area contributed by atoms with E-state index in [0.29, 0.717) is 10.7 Å². The van der Waals surface area contributed by atoms with E-state index < -0.39 is 10.0 Å². The summed E-state index contributed by atoms with van der Waals surface area (Å²) in [5.74, 6) is 0. The normalized spacial score (nSPS) is 12.9. The van der Waals surface area contributed by atoms with Crippen molar-refractivity contribution in [2.24, 2.45) is 5.73 Å². The van der Waals surface area contributed by atoms with Gasteiger partial charge in [0, 0.05) is 6.04 Å². The first-order valence-corrected chi connectivity index (χ1v) is 7.89. The first kappa shape index (κ1) is 14.8. The third kappa shape index (κ3) is 3.30. The number of sulfonamides is 1. The van der Waals surface area contributed by atoms with E-state index in [1.165, 1.54) is 6.07 Å². The number of benzene rings is 2. The average Bonchev–Trinajstić information content (AvgIpc) is 2.41. The van der Waals surface area contributed by atoms with E-state index in [1.807, 2.05) is 0 Å². The Hall–Kier alpha value is -1.56. The number of hydrogen-bond donors (Lipinski definition) is 2. The predicted octanol–water partition coefficient (Wildman–Crippen LogP) is 3.16. The molecule has 0 radical (unpaired) electrons. The van der Waals surface area contributed by atoms with Crippen LogP contribution >= 0.6 is 11.6 Å². The molecule has 0 saturated heterocycles. The Morgan fingerprint density at radius 3 is 2.50 bits per heavy atom. The van der Waals surface area contributed by atoms with Crippen LogP contribution in [0.15, 0.2) is 53.4 Å². The third-order valence-corrected chi connectivity index (χ3v) is 4.51. The lowest BCUT2D eigenvalue weighted by molar-refractivity contribution is 0.601. The SMILES string of the molecule is CC(N)c1cccc(S(=O)(=O)Nc2ccccc2Cl)c1. The standard InChI is InChI=1S/C14H15ClN2O2S/c1-10(16)11-5-4-6-12(9-11)20(18,19)17-14-8-3-2-7-13(14)15/h2-10,17H,16H2,1H3. The molecule has 2 aromatic rings. The second-order valence-corrected chi connectivity index (χ2v) is 6.54. The summed E-state index contributed by atoms with van der Waals surface area (Å²) in [6.45, 7) is 1.80. The van der Waals surface area contributed by atoms with Crippen molar-refractivity contribution in [1.82, 2.24) is 0 Å². The number of rotatable bonds is 4. The summed E-state index contributed by atoms with van der Waals surface area (Å²) in [5.41, 5.74) is 6.87. The zero-order valence-corrected chi connectivity index (χ0v) is 12.4. The quantitative estimate of drug-likeness (QED) is 0.911. The van der Waals surface area contributed by atoms with Crippen molar-refractivity contribution in [1.29, 1.82) is 0 Å². The topological polar surface area (TPSA) is 72.2 Å². The van der Waals surface area contributed by atoms with Crippen LogP contribution in [0.5, 0.6) is 0 Å². The van der Waals surface area contributed by atoms with Crippen LogP contribution < -0.4 is 10.5 Å². The van der Waals surface area contributed by atoms with E-state index in [9.17, 15) is 8.42 Å². The van der Waals surface area contributed by atoms with Gasteiger partial charge in [-0.15, -0.1) is 0 Å². The number of para-hydroxylation sites is 1. The molecule has 20 heavy (non-hydrogen) atoms. The molecule has 0 aliphatic carbocycles. The highest BCUT2D eigenvalue weighted by molar-refractivity contribution is 7.92. The molecule has 0 spiro atoms. The molecule has 0 aromatic heterocycles. The number of nitrogens with one attached hydrogen (secondary N) is 1. The first-order chi connectivity index (χ1) is 9.40. The molecule has 0 fully saturated rings. The van der Waals surface area contributed by atoms with Crippen LogP contribution in [0.2, 0.25) is 5.02 Å². The zero-order chi connectivity index (χ0) is 14.8. The average molecular weight is 311 g/mol. The summed E-state index contributed by atoms with van der Waals surface area (Å²) in [7, 11) is -3.68. The Morgan fingerprint density at radius 2 is 1.85 bits per heavy atom. The van der Waals surface area contributed by atoms with Gasteiger partial charge >= 0.3 is 0 Å². The molecule has 0 aliphatic heterocycles. The molecule has 3 N–H and O–H groups in total. The maximum Gasteiger partial charge on any atom is 0.261 e. The highest BCUT2D eigenvalue weighted by atomic mass is 35.5. The smallest absolute Gasteiger partial charge is 0.261 e. The fraction of sp³-hybridized carbons (Fsp3) is 0.143. The first-order valence-electron chi connectivity index (χ1n) is 6.03. The van der Waals surface area contributed by atoms with Crippen molar-refractivity contribution in [2.75, 3.05) is 4.72 Å². The lowest BCUT2D eigenvalue weighted by atomic mass is 10.1. The van der Waals surface area contributed by atoms with Crippen LogP contribution in [-0.4, -0.2) is 8.42 Å². The minimum absolute atomic E-state index is 0.159.